The molecule has 1 unspecified atom stereocenters. The van der Waals surface area contributed by atoms with Crippen LogP contribution in [-0.2, 0) is 0 Å². The molecule has 0 saturated carbocycles. The molecule has 0 aromatic heterocycles. The fourth-order valence-corrected chi connectivity index (χ4v) is 2.79. The van der Waals surface area contributed by atoms with Crippen LogP contribution in [0.25, 0.3) is 0 Å². The van der Waals surface area contributed by atoms with Crippen LogP contribution in [0.15, 0.2) is 0 Å². The molecule has 0 bridgehead atoms. The van der Waals surface area contributed by atoms with Crippen LogP contribution in [0.5, 0.6) is 0 Å². The maximum atomic E-state index is 5.80. The van der Waals surface area contributed by atoms with Gasteiger partial charge in [0, 0.05) is 17.8 Å². The second-order valence-corrected chi connectivity index (χ2v) is 4.53. The molecule has 1 heterocycles. The largest absolute Gasteiger partial charge is 0.329 e. The average Bonchev–Trinajstić information content (AvgIpc) is 2.20. The molecule has 3 heteroatoms. The van der Waals surface area contributed by atoms with Gasteiger partial charge >= 0.3 is 0 Å². The molecule has 0 aliphatic carbocycles. The Bertz CT molecular complexity index is 199. The zero-order valence-corrected chi connectivity index (χ0v) is 9.04. The molecule has 1 rings (SSSR count). The van der Waals surface area contributed by atoms with E-state index < -0.39 is 0 Å². The molecule has 74 valence electrons. The van der Waals surface area contributed by atoms with Crippen LogP contribution in [0.1, 0.15) is 19.8 Å². The highest BCUT2D eigenvalue weighted by Crippen LogP contribution is 2.25. The molecule has 1 atom stereocenters. The molecule has 1 saturated heterocycles. The van der Waals surface area contributed by atoms with Gasteiger partial charge in [-0.2, -0.15) is 11.8 Å². The summed E-state index contributed by atoms with van der Waals surface area (Å²) in [5.74, 6) is 8.33. The minimum Gasteiger partial charge on any atom is -0.329 e. The van der Waals surface area contributed by atoms with E-state index in [0.717, 1.165) is 18.8 Å². The minimum absolute atomic E-state index is 0.159. The SMILES string of the molecule is CC#CCNC1(CN)CCCSC1. The van der Waals surface area contributed by atoms with Crippen LogP contribution < -0.4 is 11.1 Å². The Labute approximate surface area is 85.0 Å². The Morgan fingerprint density at radius 3 is 3.00 bits per heavy atom. The van der Waals surface area contributed by atoms with Crippen LogP contribution in [0.3, 0.4) is 0 Å². The molecule has 0 radical (unpaired) electrons. The van der Waals surface area contributed by atoms with E-state index in [1.54, 1.807) is 0 Å². The second kappa shape index (κ2) is 5.54. The molecule has 1 fully saturated rings. The van der Waals surface area contributed by atoms with Crippen molar-refractivity contribution in [2.75, 3.05) is 24.6 Å². The highest BCUT2D eigenvalue weighted by Gasteiger charge is 2.29. The first-order valence-electron chi connectivity index (χ1n) is 4.75. The molecule has 0 aromatic carbocycles. The minimum atomic E-state index is 0.159. The maximum Gasteiger partial charge on any atom is 0.0581 e. The summed E-state index contributed by atoms with van der Waals surface area (Å²) in [6.07, 6.45) is 2.47. The van der Waals surface area contributed by atoms with E-state index in [-0.39, 0.29) is 5.54 Å². The van der Waals surface area contributed by atoms with Crippen molar-refractivity contribution in [2.45, 2.75) is 25.3 Å². The zero-order chi connectivity index (χ0) is 9.57. The van der Waals surface area contributed by atoms with Gasteiger partial charge in [0.2, 0.25) is 0 Å². The molecule has 0 aromatic rings. The molecule has 3 N–H and O–H groups in total. The van der Waals surface area contributed by atoms with Crippen LogP contribution in [0, 0.1) is 11.8 Å². The summed E-state index contributed by atoms with van der Waals surface area (Å²) in [6.45, 7) is 3.37. The lowest BCUT2D eigenvalue weighted by molar-refractivity contribution is 0.354. The Balaban J connectivity index is 2.41. The van der Waals surface area contributed by atoms with Crippen molar-refractivity contribution in [2.24, 2.45) is 5.73 Å². The van der Waals surface area contributed by atoms with Crippen molar-refractivity contribution in [3.63, 3.8) is 0 Å². The highest BCUT2D eigenvalue weighted by atomic mass is 32.2. The first-order valence-corrected chi connectivity index (χ1v) is 5.91. The Kier molecular flexibility index (Phi) is 4.65. The molecule has 2 nitrogen and oxygen atoms in total. The number of hydrogen-bond donors (Lipinski definition) is 2. The summed E-state index contributed by atoms with van der Waals surface area (Å²) in [4.78, 5) is 0. The van der Waals surface area contributed by atoms with E-state index >= 15 is 0 Å². The van der Waals surface area contributed by atoms with Gasteiger partial charge in [-0.1, -0.05) is 5.92 Å². The molecule has 0 spiro atoms. The Morgan fingerprint density at radius 2 is 2.46 bits per heavy atom. The normalized spacial score (nSPS) is 27.8. The van der Waals surface area contributed by atoms with Crippen molar-refractivity contribution in [3.8, 4) is 11.8 Å². The van der Waals surface area contributed by atoms with E-state index in [0.29, 0.717) is 0 Å². The van der Waals surface area contributed by atoms with E-state index in [1.807, 2.05) is 18.7 Å². The van der Waals surface area contributed by atoms with E-state index in [1.165, 1.54) is 18.6 Å². The Morgan fingerprint density at radius 1 is 1.62 bits per heavy atom. The van der Waals surface area contributed by atoms with Gasteiger partial charge in [0.15, 0.2) is 0 Å². The van der Waals surface area contributed by atoms with Gasteiger partial charge in [-0.05, 0) is 25.5 Å². The van der Waals surface area contributed by atoms with Gasteiger partial charge in [-0.25, -0.2) is 0 Å². The predicted molar refractivity (Wildman–Crippen MR) is 59.8 cm³/mol. The summed E-state index contributed by atoms with van der Waals surface area (Å²) in [7, 11) is 0. The fraction of sp³-hybridized carbons (Fsp3) is 0.800. The smallest absolute Gasteiger partial charge is 0.0581 e. The predicted octanol–water partition coefficient (Wildman–Crippen LogP) is 0.824. The van der Waals surface area contributed by atoms with E-state index in [2.05, 4.69) is 17.2 Å². The number of nitrogens with two attached hydrogens (primary N) is 1. The molecular weight excluding hydrogens is 180 g/mol. The van der Waals surface area contributed by atoms with Crippen LogP contribution in [-0.4, -0.2) is 30.1 Å². The lowest BCUT2D eigenvalue weighted by atomic mass is 9.95. The highest BCUT2D eigenvalue weighted by molar-refractivity contribution is 7.99. The number of thioether (sulfide) groups is 1. The summed E-state index contributed by atoms with van der Waals surface area (Å²) in [5.41, 5.74) is 5.96. The molecular formula is C10H18N2S. The lowest BCUT2D eigenvalue weighted by Gasteiger charge is -2.36. The average molecular weight is 198 g/mol. The van der Waals surface area contributed by atoms with Crippen molar-refractivity contribution in [3.05, 3.63) is 0 Å². The Hall–Kier alpha value is -0.170. The quantitative estimate of drug-likeness (QED) is 0.660. The summed E-state index contributed by atoms with van der Waals surface area (Å²) in [6, 6.07) is 0. The maximum absolute atomic E-state index is 5.80. The number of hydrogen-bond acceptors (Lipinski definition) is 3. The molecule has 0 amide bonds. The second-order valence-electron chi connectivity index (χ2n) is 3.42. The third-order valence-corrected chi connectivity index (χ3v) is 3.78. The first kappa shape index (κ1) is 10.9. The van der Waals surface area contributed by atoms with Crippen LogP contribution >= 0.6 is 11.8 Å². The summed E-state index contributed by atoms with van der Waals surface area (Å²) in [5, 5.41) is 3.47. The van der Waals surface area contributed by atoms with Gasteiger partial charge in [0.1, 0.15) is 0 Å². The van der Waals surface area contributed by atoms with E-state index in [9.17, 15) is 0 Å². The third kappa shape index (κ3) is 3.22. The van der Waals surface area contributed by atoms with Crippen LogP contribution in [0.4, 0.5) is 0 Å². The monoisotopic (exact) mass is 198 g/mol. The van der Waals surface area contributed by atoms with E-state index in [4.69, 9.17) is 5.73 Å². The fourth-order valence-electron chi connectivity index (χ4n) is 1.54. The van der Waals surface area contributed by atoms with Crippen molar-refractivity contribution < 1.29 is 0 Å². The van der Waals surface area contributed by atoms with Crippen LogP contribution in [0.2, 0.25) is 0 Å². The topological polar surface area (TPSA) is 38.0 Å². The van der Waals surface area contributed by atoms with Crippen molar-refractivity contribution >= 4 is 11.8 Å². The first-order chi connectivity index (χ1) is 6.33. The van der Waals surface area contributed by atoms with Gasteiger partial charge in [0.25, 0.3) is 0 Å². The zero-order valence-electron chi connectivity index (χ0n) is 8.23. The lowest BCUT2D eigenvalue weighted by Crippen LogP contribution is -2.54. The third-order valence-electron chi connectivity index (χ3n) is 2.44. The standard InChI is InChI=1S/C10H18N2S/c1-2-3-6-12-10(8-11)5-4-7-13-9-10/h12H,4-9,11H2,1H3. The van der Waals surface area contributed by atoms with Crippen molar-refractivity contribution in [1.82, 2.24) is 5.32 Å². The van der Waals surface area contributed by atoms with Gasteiger partial charge in [-0.3, -0.25) is 5.32 Å². The number of rotatable bonds is 3. The molecule has 1 aliphatic rings. The summed E-state index contributed by atoms with van der Waals surface area (Å²) < 4.78 is 0. The van der Waals surface area contributed by atoms with Gasteiger partial charge in [0.05, 0.1) is 6.54 Å². The molecule has 13 heavy (non-hydrogen) atoms. The van der Waals surface area contributed by atoms with Gasteiger partial charge < -0.3 is 5.73 Å². The van der Waals surface area contributed by atoms with Gasteiger partial charge in [-0.15, -0.1) is 5.92 Å². The number of nitrogens with one attached hydrogen (secondary N) is 1. The van der Waals surface area contributed by atoms with Crippen molar-refractivity contribution in [1.29, 1.82) is 0 Å². The molecule has 1 aliphatic heterocycles. The summed E-state index contributed by atoms with van der Waals surface area (Å²) >= 11 is 1.99.